The van der Waals surface area contributed by atoms with Crippen molar-refractivity contribution >= 4 is 59.9 Å². The Morgan fingerprint density at radius 1 is 0.300 bits per heavy atom. The molecule has 0 saturated carbocycles. The summed E-state index contributed by atoms with van der Waals surface area (Å²) in [6.07, 6.45) is 0. The fraction of sp³-hybridized carbons (Fsp3) is 0. The van der Waals surface area contributed by atoms with Gasteiger partial charge in [-0.05, 0) is 75.2 Å². The monoisotopic (exact) mass is 634 g/mol. The quantitative estimate of drug-likeness (QED) is 0.182. The van der Waals surface area contributed by atoms with Crippen LogP contribution < -0.4 is 0 Å². The molecule has 11 aromatic rings. The average Bonchev–Trinajstić information content (AvgIpc) is 3.67. The molecule has 0 radical (unpaired) electrons. The SMILES string of the molecule is c1ccc(-c2ccc3c4cccc5c4c4c(ccc6c7ccccc7n(c3c2)c64)n5-c2cccc(-c3ccccc3-c3ccccc3)c2)cc1. The van der Waals surface area contributed by atoms with Gasteiger partial charge in [-0.25, -0.2) is 0 Å². The van der Waals surface area contributed by atoms with E-state index in [9.17, 15) is 0 Å². The van der Waals surface area contributed by atoms with Crippen molar-refractivity contribution in [2.24, 2.45) is 0 Å². The molecule has 8 aromatic carbocycles. The van der Waals surface area contributed by atoms with Crippen molar-refractivity contribution in [2.75, 3.05) is 0 Å². The van der Waals surface area contributed by atoms with Crippen molar-refractivity contribution in [2.45, 2.75) is 0 Å². The second kappa shape index (κ2) is 10.4. The smallest absolute Gasteiger partial charge is 0.0641 e. The zero-order chi connectivity index (χ0) is 32.8. The van der Waals surface area contributed by atoms with E-state index >= 15 is 0 Å². The molecule has 0 atom stereocenters. The van der Waals surface area contributed by atoms with Crippen molar-refractivity contribution in [1.29, 1.82) is 0 Å². The van der Waals surface area contributed by atoms with Crippen LogP contribution in [0.25, 0.3) is 99.0 Å². The van der Waals surface area contributed by atoms with Gasteiger partial charge in [0.15, 0.2) is 0 Å². The number of nitrogens with zero attached hydrogens (tertiary/aromatic N) is 2. The molecule has 2 nitrogen and oxygen atoms in total. The van der Waals surface area contributed by atoms with Gasteiger partial charge in [-0.1, -0.05) is 146 Å². The molecule has 2 heteroatoms. The summed E-state index contributed by atoms with van der Waals surface area (Å²) in [5, 5.41) is 7.69. The molecule has 232 valence electrons. The zero-order valence-electron chi connectivity index (χ0n) is 27.2. The Labute approximate surface area is 289 Å². The highest BCUT2D eigenvalue weighted by molar-refractivity contribution is 6.33. The molecule has 50 heavy (non-hydrogen) atoms. The number of benzene rings is 8. The molecule has 3 aromatic heterocycles. The number of hydrogen-bond acceptors (Lipinski definition) is 0. The van der Waals surface area contributed by atoms with Crippen molar-refractivity contribution in [3.63, 3.8) is 0 Å². The normalized spacial score (nSPS) is 12.0. The summed E-state index contributed by atoms with van der Waals surface area (Å²) in [5.74, 6) is 0. The first-order valence-electron chi connectivity index (χ1n) is 17.3. The summed E-state index contributed by atoms with van der Waals surface area (Å²) in [6, 6.07) is 66.6. The third-order valence-corrected chi connectivity index (χ3v) is 10.7. The molecular formula is C48H30N2. The second-order valence-corrected chi connectivity index (χ2v) is 13.3. The van der Waals surface area contributed by atoms with E-state index in [1.165, 1.54) is 93.3 Å². The standard InChI is InChI=1S/C48H30N2/c1-3-13-31(14-4-1)33-25-26-39-40-22-12-24-43-46(40)47-44(28-27-41-38-21-9-10-23-42(38)50(48(41)47)45(39)30-33)49(43)35-18-11-17-34(29-35)37-20-8-7-19-36(37)32-15-5-2-6-16-32/h1-30H. The third-order valence-electron chi connectivity index (χ3n) is 10.7. The maximum Gasteiger partial charge on any atom is 0.0641 e. The van der Waals surface area contributed by atoms with Crippen LogP contribution in [0.2, 0.25) is 0 Å². The predicted molar refractivity (Wildman–Crippen MR) is 212 cm³/mol. The van der Waals surface area contributed by atoms with Gasteiger partial charge in [-0.3, -0.25) is 0 Å². The van der Waals surface area contributed by atoms with E-state index in [0.717, 1.165) is 5.69 Å². The fourth-order valence-electron chi connectivity index (χ4n) is 8.52. The lowest BCUT2D eigenvalue weighted by atomic mass is 9.94. The Hall–Kier alpha value is -6.64. The van der Waals surface area contributed by atoms with Crippen LogP contribution in [0, 0.1) is 0 Å². The minimum Gasteiger partial charge on any atom is -0.309 e. The molecule has 0 aliphatic rings. The van der Waals surface area contributed by atoms with Gasteiger partial charge in [-0.2, -0.15) is 0 Å². The van der Waals surface area contributed by atoms with E-state index in [1.54, 1.807) is 0 Å². The summed E-state index contributed by atoms with van der Waals surface area (Å²) in [4.78, 5) is 0. The van der Waals surface area contributed by atoms with Gasteiger partial charge in [0, 0.05) is 32.6 Å². The Kier molecular flexibility index (Phi) is 5.70. The molecule has 0 saturated heterocycles. The third kappa shape index (κ3) is 3.79. The summed E-state index contributed by atoms with van der Waals surface area (Å²) in [7, 11) is 0. The Balaban J connectivity index is 1.26. The first kappa shape index (κ1) is 27.3. The van der Waals surface area contributed by atoms with Gasteiger partial charge in [0.1, 0.15) is 0 Å². The number of fused-ring (bicyclic) bond motifs is 6. The van der Waals surface area contributed by atoms with E-state index in [1.807, 2.05) is 0 Å². The van der Waals surface area contributed by atoms with Gasteiger partial charge in [0.2, 0.25) is 0 Å². The summed E-state index contributed by atoms with van der Waals surface area (Å²) < 4.78 is 5.01. The minimum absolute atomic E-state index is 1.16. The first-order valence-corrected chi connectivity index (χ1v) is 17.3. The zero-order valence-corrected chi connectivity index (χ0v) is 27.2. The lowest BCUT2D eigenvalue weighted by Crippen LogP contribution is -1.95. The van der Waals surface area contributed by atoms with Crippen molar-refractivity contribution in [3.05, 3.63) is 182 Å². The topological polar surface area (TPSA) is 9.34 Å². The van der Waals surface area contributed by atoms with E-state index in [4.69, 9.17) is 0 Å². The molecule has 0 aliphatic heterocycles. The summed E-state index contributed by atoms with van der Waals surface area (Å²) in [5.41, 5.74) is 14.7. The summed E-state index contributed by atoms with van der Waals surface area (Å²) in [6.45, 7) is 0. The van der Waals surface area contributed by atoms with Crippen LogP contribution in [0.5, 0.6) is 0 Å². The van der Waals surface area contributed by atoms with Gasteiger partial charge < -0.3 is 8.97 Å². The molecule has 0 amide bonds. The van der Waals surface area contributed by atoms with Crippen molar-refractivity contribution < 1.29 is 0 Å². The molecule has 0 bridgehead atoms. The number of rotatable bonds is 4. The number of para-hydroxylation sites is 1. The molecule has 3 heterocycles. The van der Waals surface area contributed by atoms with Crippen LogP contribution in [0.3, 0.4) is 0 Å². The van der Waals surface area contributed by atoms with E-state index in [0.29, 0.717) is 0 Å². The van der Waals surface area contributed by atoms with Crippen LogP contribution in [0.1, 0.15) is 0 Å². The molecule has 0 fully saturated rings. The molecule has 0 N–H and O–H groups in total. The summed E-state index contributed by atoms with van der Waals surface area (Å²) >= 11 is 0. The highest BCUT2D eigenvalue weighted by Crippen LogP contribution is 2.46. The molecule has 0 unspecified atom stereocenters. The number of aromatic nitrogens is 2. The first-order chi connectivity index (χ1) is 24.8. The van der Waals surface area contributed by atoms with Gasteiger partial charge in [-0.15, -0.1) is 0 Å². The fourth-order valence-corrected chi connectivity index (χ4v) is 8.52. The maximum atomic E-state index is 2.53. The van der Waals surface area contributed by atoms with Crippen LogP contribution in [0.4, 0.5) is 0 Å². The van der Waals surface area contributed by atoms with E-state index in [2.05, 4.69) is 191 Å². The lowest BCUT2D eigenvalue weighted by Gasteiger charge is -2.14. The molecule has 11 rings (SSSR count). The number of hydrogen-bond donors (Lipinski definition) is 0. The molecular weight excluding hydrogens is 605 g/mol. The maximum absolute atomic E-state index is 2.53. The second-order valence-electron chi connectivity index (χ2n) is 13.3. The Bertz CT molecular complexity index is 3070. The van der Waals surface area contributed by atoms with Gasteiger partial charge in [0.05, 0.1) is 27.6 Å². The van der Waals surface area contributed by atoms with E-state index < -0.39 is 0 Å². The molecule has 0 spiro atoms. The average molecular weight is 635 g/mol. The minimum atomic E-state index is 1.16. The van der Waals surface area contributed by atoms with Crippen molar-refractivity contribution in [3.8, 4) is 39.1 Å². The van der Waals surface area contributed by atoms with Crippen molar-refractivity contribution in [1.82, 2.24) is 8.97 Å². The van der Waals surface area contributed by atoms with Gasteiger partial charge >= 0.3 is 0 Å². The van der Waals surface area contributed by atoms with Crippen LogP contribution in [-0.2, 0) is 0 Å². The highest BCUT2D eigenvalue weighted by atomic mass is 15.0. The molecule has 0 aliphatic carbocycles. The van der Waals surface area contributed by atoms with Crippen LogP contribution in [-0.4, -0.2) is 8.97 Å². The predicted octanol–water partition coefficient (Wildman–Crippen LogP) is 12.9. The largest absolute Gasteiger partial charge is 0.309 e. The highest BCUT2D eigenvalue weighted by Gasteiger charge is 2.23. The Morgan fingerprint density at radius 2 is 0.900 bits per heavy atom. The van der Waals surface area contributed by atoms with Gasteiger partial charge in [0.25, 0.3) is 0 Å². The van der Waals surface area contributed by atoms with Crippen LogP contribution in [0.15, 0.2) is 182 Å². The lowest BCUT2D eigenvalue weighted by molar-refractivity contribution is 1.18. The van der Waals surface area contributed by atoms with E-state index in [-0.39, 0.29) is 0 Å². The van der Waals surface area contributed by atoms with Crippen LogP contribution >= 0.6 is 0 Å². The Morgan fingerprint density at radius 3 is 1.74 bits per heavy atom.